The molecule has 1 aliphatic heterocycles. The van der Waals surface area contributed by atoms with Crippen LogP contribution >= 0.6 is 27.3 Å². The number of hydrogen-bond donors (Lipinski definition) is 0. The number of carbonyl (C=O) groups excluding carboxylic acids is 2. The topological polar surface area (TPSA) is 43.4 Å². The molecule has 0 N–H and O–H groups in total. The molecule has 15 heavy (non-hydrogen) atoms. The van der Waals surface area contributed by atoms with Gasteiger partial charge in [0.05, 0.1) is 12.8 Å². The zero-order valence-corrected chi connectivity index (χ0v) is 10.5. The summed E-state index contributed by atoms with van der Waals surface area (Å²) in [6.07, 6.45) is 0.592. The molecule has 1 saturated heterocycles. The van der Waals surface area contributed by atoms with Gasteiger partial charge in [-0.1, -0.05) is 0 Å². The second kappa shape index (κ2) is 4.06. The standard InChI is InChI=1S/C10H9BrO3S/c1-5-2-7(11)10(15-5)6-3-8(12)14-9(13)4-6/h2,6H,3-4H2,1H3. The normalized spacial score (nSPS) is 18.0. The largest absolute Gasteiger partial charge is 0.393 e. The number of hydrogen-bond acceptors (Lipinski definition) is 4. The van der Waals surface area contributed by atoms with E-state index in [0.717, 1.165) is 9.35 Å². The molecular formula is C10H9BrO3S. The van der Waals surface area contributed by atoms with Gasteiger partial charge in [-0.25, -0.2) is 0 Å². The molecule has 0 atom stereocenters. The summed E-state index contributed by atoms with van der Waals surface area (Å²) in [5, 5.41) is 0. The van der Waals surface area contributed by atoms with Crippen LogP contribution in [-0.2, 0) is 14.3 Å². The number of halogens is 1. The van der Waals surface area contributed by atoms with Crippen molar-refractivity contribution < 1.29 is 14.3 Å². The van der Waals surface area contributed by atoms with Crippen LogP contribution in [0.15, 0.2) is 10.5 Å². The summed E-state index contributed by atoms with van der Waals surface area (Å²) in [5.41, 5.74) is 0. The lowest BCUT2D eigenvalue weighted by atomic mass is 9.98. The first-order valence-electron chi connectivity index (χ1n) is 4.55. The van der Waals surface area contributed by atoms with E-state index in [0.29, 0.717) is 12.8 Å². The van der Waals surface area contributed by atoms with Crippen molar-refractivity contribution in [2.75, 3.05) is 0 Å². The number of cyclic esters (lactones) is 2. The van der Waals surface area contributed by atoms with Crippen LogP contribution in [0.25, 0.3) is 0 Å². The summed E-state index contributed by atoms with van der Waals surface area (Å²) < 4.78 is 5.48. The molecule has 0 aromatic carbocycles. The second-order valence-corrected chi connectivity index (χ2v) is 5.66. The minimum atomic E-state index is -0.422. The number of thiophene rings is 1. The lowest BCUT2D eigenvalue weighted by molar-refractivity contribution is -0.163. The monoisotopic (exact) mass is 288 g/mol. The van der Waals surface area contributed by atoms with Gasteiger partial charge < -0.3 is 4.74 Å². The van der Waals surface area contributed by atoms with Gasteiger partial charge >= 0.3 is 11.9 Å². The Hall–Kier alpha value is -0.680. The molecule has 0 unspecified atom stereocenters. The predicted octanol–water partition coefficient (Wildman–Crippen LogP) is 2.77. The summed E-state index contributed by atoms with van der Waals surface area (Å²) in [6.45, 7) is 2.00. The lowest BCUT2D eigenvalue weighted by Gasteiger charge is -2.18. The molecule has 1 aromatic rings. The number of aryl methyl sites for hydroxylation is 1. The zero-order chi connectivity index (χ0) is 11.0. The van der Waals surface area contributed by atoms with Crippen LogP contribution in [0.2, 0.25) is 0 Å². The predicted molar refractivity (Wildman–Crippen MR) is 59.8 cm³/mol. The number of rotatable bonds is 1. The van der Waals surface area contributed by atoms with Gasteiger partial charge in [-0.05, 0) is 28.9 Å². The fourth-order valence-corrected chi connectivity index (χ4v) is 3.72. The average Bonchev–Trinajstić information content (AvgIpc) is 2.43. The Morgan fingerprint density at radius 3 is 2.47 bits per heavy atom. The maximum Gasteiger partial charge on any atom is 0.314 e. The number of carbonyl (C=O) groups is 2. The molecule has 0 spiro atoms. The van der Waals surface area contributed by atoms with Crippen LogP contribution in [0.4, 0.5) is 0 Å². The molecule has 1 fully saturated rings. The van der Waals surface area contributed by atoms with Gasteiger partial charge in [-0.2, -0.15) is 0 Å². The highest BCUT2D eigenvalue weighted by atomic mass is 79.9. The molecule has 80 valence electrons. The van der Waals surface area contributed by atoms with Crippen molar-refractivity contribution in [2.45, 2.75) is 25.7 Å². The first kappa shape index (κ1) is 10.8. The number of ether oxygens (including phenoxy) is 1. The van der Waals surface area contributed by atoms with Crippen LogP contribution in [0.1, 0.15) is 28.5 Å². The molecule has 2 rings (SSSR count). The molecule has 5 heteroatoms. The average molecular weight is 289 g/mol. The van der Waals surface area contributed by atoms with Gasteiger partial charge in [-0.15, -0.1) is 11.3 Å². The van der Waals surface area contributed by atoms with Crippen LogP contribution < -0.4 is 0 Å². The SMILES string of the molecule is Cc1cc(Br)c(C2CC(=O)OC(=O)C2)s1. The third kappa shape index (κ3) is 2.29. The quantitative estimate of drug-likeness (QED) is 0.590. The van der Waals surface area contributed by atoms with E-state index in [1.54, 1.807) is 11.3 Å². The van der Waals surface area contributed by atoms with Gasteiger partial charge in [0.1, 0.15) is 0 Å². The Balaban J connectivity index is 2.27. The first-order valence-corrected chi connectivity index (χ1v) is 6.16. The van der Waals surface area contributed by atoms with Crippen LogP contribution in [-0.4, -0.2) is 11.9 Å². The molecule has 3 nitrogen and oxygen atoms in total. The zero-order valence-electron chi connectivity index (χ0n) is 8.08. The molecule has 0 amide bonds. The van der Waals surface area contributed by atoms with Crippen molar-refractivity contribution >= 4 is 39.2 Å². The van der Waals surface area contributed by atoms with E-state index in [4.69, 9.17) is 0 Å². The third-order valence-electron chi connectivity index (χ3n) is 2.26. The fourth-order valence-electron chi connectivity index (χ4n) is 1.65. The highest BCUT2D eigenvalue weighted by molar-refractivity contribution is 9.10. The number of esters is 2. The van der Waals surface area contributed by atoms with E-state index in [1.807, 2.05) is 13.0 Å². The van der Waals surface area contributed by atoms with Crippen LogP contribution in [0, 0.1) is 6.92 Å². The Morgan fingerprint density at radius 2 is 2.00 bits per heavy atom. The third-order valence-corrected chi connectivity index (χ3v) is 4.39. The Kier molecular flexibility index (Phi) is 2.93. The maximum atomic E-state index is 11.1. The molecule has 0 bridgehead atoms. The van der Waals surface area contributed by atoms with Gasteiger partial charge in [0.25, 0.3) is 0 Å². The van der Waals surface area contributed by atoms with Crippen LogP contribution in [0.5, 0.6) is 0 Å². The summed E-state index contributed by atoms with van der Waals surface area (Å²) in [6, 6.07) is 2.00. The minimum absolute atomic E-state index is 0.0215. The molecule has 0 saturated carbocycles. The van der Waals surface area contributed by atoms with E-state index in [1.165, 1.54) is 4.88 Å². The highest BCUT2D eigenvalue weighted by Crippen LogP contribution is 2.38. The van der Waals surface area contributed by atoms with E-state index in [2.05, 4.69) is 20.7 Å². The van der Waals surface area contributed by atoms with Gasteiger partial charge in [-0.3, -0.25) is 9.59 Å². The maximum absolute atomic E-state index is 11.1. The Morgan fingerprint density at radius 1 is 1.40 bits per heavy atom. The highest BCUT2D eigenvalue weighted by Gasteiger charge is 2.30. The van der Waals surface area contributed by atoms with E-state index in [-0.39, 0.29) is 5.92 Å². The van der Waals surface area contributed by atoms with Crippen molar-refractivity contribution in [3.05, 3.63) is 20.3 Å². The molecule has 0 radical (unpaired) electrons. The smallest absolute Gasteiger partial charge is 0.314 e. The van der Waals surface area contributed by atoms with Gasteiger partial charge in [0.15, 0.2) is 0 Å². The van der Waals surface area contributed by atoms with E-state index in [9.17, 15) is 9.59 Å². The van der Waals surface area contributed by atoms with Gasteiger partial charge in [0, 0.05) is 20.1 Å². The summed E-state index contributed by atoms with van der Waals surface area (Å²) >= 11 is 5.06. The van der Waals surface area contributed by atoms with Crippen molar-refractivity contribution in [3.8, 4) is 0 Å². The van der Waals surface area contributed by atoms with Gasteiger partial charge in [0.2, 0.25) is 0 Å². The van der Waals surface area contributed by atoms with Crippen molar-refractivity contribution in [1.82, 2.24) is 0 Å². The van der Waals surface area contributed by atoms with Crippen molar-refractivity contribution in [3.63, 3.8) is 0 Å². The second-order valence-electron chi connectivity index (χ2n) is 3.52. The van der Waals surface area contributed by atoms with Crippen LogP contribution in [0.3, 0.4) is 0 Å². The molecule has 1 aliphatic rings. The van der Waals surface area contributed by atoms with E-state index < -0.39 is 11.9 Å². The Bertz CT molecular complexity index is 408. The summed E-state index contributed by atoms with van der Waals surface area (Å²) in [7, 11) is 0. The Labute approximate surface area is 99.6 Å². The van der Waals surface area contributed by atoms with Crippen molar-refractivity contribution in [1.29, 1.82) is 0 Å². The lowest BCUT2D eigenvalue weighted by Crippen LogP contribution is -2.23. The van der Waals surface area contributed by atoms with Crippen molar-refractivity contribution in [2.24, 2.45) is 0 Å². The molecule has 1 aromatic heterocycles. The molecule has 0 aliphatic carbocycles. The minimum Gasteiger partial charge on any atom is -0.393 e. The first-order chi connectivity index (χ1) is 7.06. The summed E-state index contributed by atoms with van der Waals surface area (Å²) in [5.74, 6) is -0.866. The molecular weight excluding hydrogens is 280 g/mol. The fraction of sp³-hybridized carbons (Fsp3) is 0.400. The molecule has 2 heterocycles. The van der Waals surface area contributed by atoms with E-state index >= 15 is 0 Å². The summed E-state index contributed by atoms with van der Waals surface area (Å²) in [4.78, 5) is 24.5.